The minimum absolute atomic E-state index is 0.0172. The summed E-state index contributed by atoms with van der Waals surface area (Å²) in [7, 11) is -3.52. The molecule has 0 atom stereocenters. The van der Waals surface area contributed by atoms with Gasteiger partial charge in [0.05, 0.1) is 11.5 Å². The van der Waals surface area contributed by atoms with E-state index in [1.165, 1.54) is 23.3 Å². The van der Waals surface area contributed by atoms with Crippen molar-refractivity contribution < 1.29 is 13.2 Å². The maximum absolute atomic E-state index is 12.3. The third-order valence-electron chi connectivity index (χ3n) is 6.50. The van der Waals surface area contributed by atoms with Gasteiger partial charge in [0.25, 0.3) is 0 Å². The number of sulfonamides is 1. The molecule has 0 aromatic heterocycles. The van der Waals surface area contributed by atoms with E-state index in [1.807, 2.05) is 0 Å². The minimum Gasteiger partial charge on any atom is -0.493 e. The molecule has 0 heterocycles. The Hall–Kier alpha value is -1.56. The van der Waals surface area contributed by atoms with Crippen LogP contribution < -0.4 is 9.46 Å². The van der Waals surface area contributed by atoms with Crippen molar-refractivity contribution >= 4 is 21.6 Å². The number of halogens is 1. The molecule has 0 fully saturated rings. The van der Waals surface area contributed by atoms with Crippen LogP contribution >= 0.6 is 11.6 Å². The van der Waals surface area contributed by atoms with Gasteiger partial charge in [0.2, 0.25) is 10.0 Å². The second-order valence-electron chi connectivity index (χ2n) is 9.59. The van der Waals surface area contributed by atoms with Crippen LogP contribution in [0.1, 0.15) is 78.4 Å². The lowest BCUT2D eigenvalue weighted by Crippen LogP contribution is -2.25. The number of nitrogens with one attached hydrogen (secondary N) is 1. The topological polar surface area (TPSA) is 55.4 Å². The fraction of sp³-hybridized carbons (Fsp3) is 0.538. The molecule has 32 heavy (non-hydrogen) atoms. The third-order valence-corrected chi connectivity index (χ3v) is 8.23. The average molecular weight is 480 g/mol. The zero-order chi connectivity index (χ0) is 24.0. The summed E-state index contributed by atoms with van der Waals surface area (Å²) in [5, 5.41) is 0.512. The van der Waals surface area contributed by atoms with Gasteiger partial charge in [-0.3, -0.25) is 0 Å². The Kier molecular flexibility index (Phi) is 9.21. The Labute approximate surface area is 199 Å². The molecule has 0 aliphatic carbocycles. The van der Waals surface area contributed by atoms with Crippen LogP contribution in [0.2, 0.25) is 5.02 Å². The molecule has 4 nitrogen and oxygen atoms in total. The van der Waals surface area contributed by atoms with Gasteiger partial charge in [0, 0.05) is 17.1 Å². The first-order valence-electron chi connectivity index (χ1n) is 11.5. The molecule has 0 aliphatic heterocycles. The van der Waals surface area contributed by atoms with Crippen LogP contribution in [0.4, 0.5) is 0 Å². The van der Waals surface area contributed by atoms with E-state index in [9.17, 15) is 8.42 Å². The molecule has 0 spiro atoms. The van der Waals surface area contributed by atoms with Crippen LogP contribution in [0.25, 0.3) is 0 Å². The molecule has 0 bridgehead atoms. The third kappa shape index (κ3) is 6.97. The van der Waals surface area contributed by atoms with Gasteiger partial charge in [0.15, 0.2) is 0 Å². The van der Waals surface area contributed by atoms with Crippen LogP contribution in [0.15, 0.2) is 47.4 Å². The lowest BCUT2D eigenvalue weighted by molar-refractivity contribution is 0.296. The number of ether oxygens (including phenoxy) is 1. The minimum atomic E-state index is -3.52. The first kappa shape index (κ1) is 26.7. The smallest absolute Gasteiger partial charge is 0.240 e. The summed E-state index contributed by atoms with van der Waals surface area (Å²) in [6.07, 6.45) is 3.55. The van der Waals surface area contributed by atoms with Crippen LogP contribution in [0, 0.1) is 0 Å². The second kappa shape index (κ2) is 11.0. The number of benzene rings is 2. The number of hydrogen-bond donors (Lipinski definition) is 1. The van der Waals surface area contributed by atoms with Gasteiger partial charge >= 0.3 is 0 Å². The number of unbranched alkanes of at least 4 members (excludes halogenated alkanes) is 1. The van der Waals surface area contributed by atoms with Crippen molar-refractivity contribution in [1.29, 1.82) is 0 Å². The summed E-state index contributed by atoms with van der Waals surface area (Å²) in [5.74, 6) is 0.925. The highest BCUT2D eigenvalue weighted by Gasteiger charge is 2.26. The molecule has 0 unspecified atom stereocenters. The second-order valence-corrected chi connectivity index (χ2v) is 11.8. The number of hydrogen-bond acceptors (Lipinski definition) is 3. The fourth-order valence-corrected chi connectivity index (χ4v) is 4.51. The monoisotopic (exact) mass is 479 g/mol. The average Bonchev–Trinajstić information content (AvgIpc) is 2.76. The van der Waals surface area contributed by atoms with E-state index < -0.39 is 10.0 Å². The predicted molar refractivity (Wildman–Crippen MR) is 134 cm³/mol. The van der Waals surface area contributed by atoms with Gasteiger partial charge in [-0.2, -0.15) is 0 Å². The maximum Gasteiger partial charge on any atom is 0.240 e. The Morgan fingerprint density at radius 3 is 2.12 bits per heavy atom. The van der Waals surface area contributed by atoms with Crippen LogP contribution in [0.3, 0.4) is 0 Å². The number of rotatable bonds is 12. The Morgan fingerprint density at radius 2 is 1.53 bits per heavy atom. The molecule has 0 radical (unpaired) electrons. The van der Waals surface area contributed by atoms with Gasteiger partial charge in [-0.1, -0.05) is 65.3 Å². The molecule has 1 N–H and O–H groups in total. The molecule has 6 heteroatoms. The van der Waals surface area contributed by atoms with Crippen molar-refractivity contribution in [1.82, 2.24) is 4.72 Å². The SMILES string of the molecule is CCC(C)(C)c1ccc(OCCCCNS(=O)(=O)c2ccc(Cl)cc2)c(C(C)(C)CC)c1. The molecule has 0 saturated carbocycles. The van der Waals surface area contributed by atoms with Crippen molar-refractivity contribution in [2.45, 2.75) is 83.0 Å². The summed E-state index contributed by atoms with van der Waals surface area (Å²) in [6.45, 7) is 14.4. The van der Waals surface area contributed by atoms with Crippen molar-refractivity contribution in [3.63, 3.8) is 0 Å². The zero-order valence-corrected chi connectivity index (χ0v) is 21.9. The quantitative estimate of drug-likeness (QED) is 0.338. The van der Waals surface area contributed by atoms with Crippen LogP contribution in [0.5, 0.6) is 5.75 Å². The lowest BCUT2D eigenvalue weighted by atomic mass is 9.76. The molecule has 2 rings (SSSR count). The first-order chi connectivity index (χ1) is 14.9. The summed E-state index contributed by atoms with van der Waals surface area (Å²) >= 11 is 5.83. The van der Waals surface area contributed by atoms with E-state index >= 15 is 0 Å². The van der Waals surface area contributed by atoms with Crippen LogP contribution in [-0.4, -0.2) is 21.6 Å². The van der Waals surface area contributed by atoms with Crippen LogP contribution in [-0.2, 0) is 20.9 Å². The van der Waals surface area contributed by atoms with Gasteiger partial charge in [-0.15, -0.1) is 0 Å². The first-order valence-corrected chi connectivity index (χ1v) is 13.3. The van der Waals surface area contributed by atoms with Crippen molar-refractivity contribution in [3.05, 3.63) is 58.6 Å². The lowest BCUT2D eigenvalue weighted by Gasteiger charge is -2.30. The summed E-state index contributed by atoms with van der Waals surface area (Å²) in [5.41, 5.74) is 2.71. The van der Waals surface area contributed by atoms with E-state index in [1.54, 1.807) is 12.1 Å². The van der Waals surface area contributed by atoms with Gasteiger partial charge < -0.3 is 4.74 Å². The van der Waals surface area contributed by atoms with E-state index in [-0.39, 0.29) is 15.7 Å². The molecular weight excluding hydrogens is 442 g/mol. The van der Waals surface area contributed by atoms with Crippen molar-refractivity contribution in [3.8, 4) is 5.75 Å². The molecule has 0 aliphatic rings. The van der Waals surface area contributed by atoms with Gasteiger partial charge in [0.1, 0.15) is 5.75 Å². The highest BCUT2D eigenvalue weighted by molar-refractivity contribution is 7.89. The largest absolute Gasteiger partial charge is 0.493 e. The zero-order valence-electron chi connectivity index (χ0n) is 20.3. The summed E-state index contributed by atoms with van der Waals surface area (Å²) in [6, 6.07) is 12.8. The molecule has 2 aromatic carbocycles. The van der Waals surface area contributed by atoms with Crippen molar-refractivity contribution in [2.75, 3.05) is 13.2 Å². The van der Waals surface area contributed by atoms with E-state index in [2.05, 4.69) is 64.5 Å². The normalized spacial score (nSPS) is 12.7. The Bertz CT molecular complexity index is 983. The fourth-order valence-electron chi connectivity index (χ4n) is 3.31. The molecule has 0 amide bonds. The van der Waals surface area contributed by atoms with Crippen molar-refractivity contribution in [2.24, 2.45) is 0 Å². The molecule has 2 aromatic rings. The van der Waals surface area contributed by atoms with E-state index in [4.69, 9.17) is 16.3 Å². The maximum atomic E-state index is 12.3. The van der Waals surface area contributed by atoms with Gasteiger partial charge in [-0.05, 0) is 72.4 Å². The Morgan fingerprint density at radius 1 is 0.906 bits per heavy atom. The highest BCUT2D eigenvalue weighted by atomic mass is 35.5. The van der Waals surface area contributed by atoms with E-state index in [0.717, 1.165) is 25.0 Å². The highest BCUT2D eigenvalue weighted by Crippen LogP contribution is 2.38. The molecule has 178 valence electrons. The predicted octanol–water partition coefficient (Wildman–Crippen LogP) is 6.85. The van der Waals surface area contributed by atoms with E-state index in [0.29, 0.717) is 24.6 Å². The molecular formula is C26H38ClNO3S. The Balaban J connectivity index is 1.95. The summed E-state index contributed by atoms with van der Waals surface area (Å²) in [4.78, 5) is 0.222. The molecule has 0 saturated heterocycles. The van der Waals surface area contributed by atoms with Gasteiger partial charge in [-0.25, -0.2) is 13.1 Å². The summed E-state index contributed by atoms with van der Waals surface area (Å²) < 4.78 is 33.5. The standard InChI is InChI=1S/C26H38ClNO3S/c1-7-25(3,4)20-11-16-24(23(19-20)26(5,6)8-2)31-18-10-9-17-28-32(29,30)22-14-12-21(27)13-15-22/h11-16,19,28H,7-10,17-18H2,1-6H3.